The van der Waals surface area contributed by atoms with Gasteiger partial charge in [-0.05, 0) is 43.0 Å². The van der Waals surface area contributed by atoms with Gasteiger partial charge in [-0.15, -0.1) is 0 Å². The van der Waals surface area contributed by atoms with E-state index in [1.165, 1.54) is 11.1 Å². The number of aryl methyl sites for hydroxylation is 2. The third-order valence-electron chi connectivity index (χ3n) is 3.07. The summed E-state index contributed by atoms with van der Waals surface area (Å²) >= 11 is 0. The highest BCUT2D eigenvalue weighted by Crippen LogP contribution is 2.28. The predicted octanol–water partition coefficient (Wildman–Crippen LogP) is 3.88. The van der Waals surface area contributed by atoms with Gasteiger partial charge in [0.1, 0.15) is 0 Å². The summed E-state index contributed by atoms with van der Waals surface area (Å²) in [5, 5.41) is 0. The molecule has 0 atom stereocenters. The minimum Gasteiger partial charge on any atom is -0.493 e. The van der Waals surface area contributed by atoms with E-state index in [2.05, 4.69) is 36.4 Å². The number of ether oxygens (including phenoxy) is 2. The van der Waals surface area contributed by atoms with Crippen molar-refractivity contribution in [2.75, 3.05) is 13.7 Å². The van der Waals surface area contributed by atoms with Crippen LogP contribution >= 0.6 is 0 Å². The lowest BCUT2D eigenvalue weighted by atomic mass is 10.0. The van der Waals surface area contributed by atoms with Gasteiger partial charge in [0.15, 0.2) is 11.5 Å². The Kier molecular flexibility index (Phi) is 4.85. The topological polar surface area (TPSA) is 18.5 Å². The molecular weight excluding hydrogens is 236 g/mol. The molecule has 0 N–H and O–H groups in total. The number of hydrogen-bond acceptors (Lipinski definition) is 2. The van der Waals surface area contributed by atoms with Gasteiger partial charge in [0.25, 0.3) is 0 Å². The molecule has 0 bridgehead atoms. The Morgan fingerprint density at radius 1 is 0.842 bits per heavy atom. The first kappa shape index (κ1) is 13.5. The van der Waals surface area contributed by atoms with Crippen LogP contribution in [0.3, 0.4) is 0 Å². The first-order valence-electron chi connectivity index (χ1n) is 6.67. The zero-order valence-electron chi connectivity index (χ0n) is 11.6. The fourth-order valence-electron chi connectivity index (χ4n) is 2.08. The van der Waals surface area contributed by atoms with Gasteiger partial charge in [-0.3, -0.25) is 0 Å². The lowest BCUT2D eigenvalue weighted by Crippen LogP contribution is -1.97. The van der Waals surface area contributed by atoms with E-state index in [1.54, 1.807) is 7.11 Å². The second kappa shape index (κ2) is 6.83. The number of methoxy groups -OCH3 is 1. The molecular formula is C17H20O2. The molecule has 0 saturated carbocycles. The van der Waals surface area contributed by atoms with Crippen LogP contribution in [-0.4, -0.2) is 13.7 Å². The zero-order valence-corrected chi connectivity index (χ0v) is 11.6. The summed E-state index contributed by atoms with van der Waals surface area (Å²) in [5.41, 5.74) is 2.63. The third kappa shape index (κ3) is 3.75. The number of benzene rings is 2. The summed E-state index contributed by atoms with van der Waals surface area (Å²) in [6, 6.07) is 16.7. The second-order valence-electron chi connectivity index (χ2n) is 4.40. The molecule has 0 heterocycles. The average molecular weight is 256 g/mol. The Balaban J connectivity index is 2.06. The summed E-state index contributed by atoms with van der Waals surface area (Å²) in [5.74, 6) is 1.63. The lowest BCUT2D eigenvalue weighted by Gasteiger charge is -2.11. The van der Waals surface area contributed by atoms with Crippen molar-refractivity contribution in [3.63, 3.8) is 0 Å². The van der Waals surface area contributed by atoms with Crippen LogP contribution in [0.4, 0.5) is 0 Å². The summed E-state index contributed by atoms with van der Waals surface area (Å²) in [6.45, 7) is 2.63. The lowest BCUT2D eigenvalue weighted by molar-refractivity contribution is 0.310. The quantitative estimate of drug-likeness (QED) is 0.781. The fourth-order valence-corrected chi connectivity index (χ4v) is 2.08. The van der Waals surface area contributed by atoms with Crippen molar-refractivity contribution >= 4 is 0 Å². The van der Waals surface area contributed by atoms with Crippen LogP contribution in [0.5, 0.6) is 11.5 Å². The molecule has 0 spiro atoms. The maximum absolute atomic E-state index is 5.60. The van der Waals surface area contributed by atoms with Crippen LogP contribution in [0, 0.1) is 0 Å². The van der Waals surface area contributed by atoms with Crippen molar-refractivity contribution < 1.29 is 9.47 Å². The highest BCUT2D eigenvalue weighted by Gasteiger charge is 2.05. The minimum absolute atomic E-state index is 0.651. The molecule has 2 aromatic carbocycles. The first-order valence-corrected chi connectivity index (χ1v) is 6.67. The van der Waals surface area contributed by atoms with E-state index in [0.717, 1.165) is 24.3 Å². The van der Waals surface area contributed by atoms with E-state index < -0.39 is 0 Å². The molecule has 100 valence electrons. The summed E-state index contributed by atoms with van der Waals surface area (Å²) in [6.07, 6.45) is 2.05. The summed E-state index contributed by atoms with van der Waals surface area (Å²) in [7, 11) is 1.67. The highest BCUT2D eigenvalue weighted by atomic mass is 16.5. The molecule has 0 fully saturated rings. The molecule has 0 aromatic heterocycles. The smallest absolute Gasteiger partial charge is 0.161 e. The van der Waals surface area contributed by atoms with Crippen molar-refractivity contribution in [2.24, 2.45) is 0 Å². The molecule has 0 aliphatic rings. The molecule has 0 amide bonds. The summed E-state index contributed by atoms with van der Waals surface area (Å²) < 4.78 is 10.9. The van der Waals surface area contributed by atoms with Gasteiger partial charge >= 0.3 is 0 Å². The van der Waals surface area contributed by atoms with Crippen molar-refractivity contribution in [1.29, 1.82) is 0 Å². The van der Waals surface area contributed by atoms with Crippen molar-refractivity contribution in [2.45, 2.75) is 19.8 Å². The summed E-state index contributed by atoms with van der Waals surface area (Å²) in [4.78, 5) is 0. The Morgan fingerprint density at radius 3 is 2.26 bits per heavy atom. The van der Waals surface area contributed by atoms with Crippen molar-refractivity contribution in [3.8, 4) is 11.5 Å². The molecule has 0 aliphatic carbocycles. The maximum atomic E-state index is 5.60. The van der Waals surface area contributed by atoms with Crippen LogP contribution in [0.1, 0.15) is 18.1 Å². The molecule has 0 unspecified atom stereocenters. The van der Waals surface area contributed by atoms with Gasteiger partial charge in [-0.2, -0.15) is 0 Å². The van der Waals surface area contributed by atoms with Gasteiger partial charge < -0.3 is 9.47 Å². The molecule has 0 saturated heterocycles. The SMILES string of the molecule is CCOc1cc(CCc2ccccc2)ccc1OC. The monoisotopic (exact) mass is 256 g/mol. The van der Waals surface area contributed by atoms with Crippen LogP contribution in [0.15, 0.2) is 48.5 Å². The molecule has 2 nitrogen and oxygen atoms in total. The average Bonchev–Trinajstić information content (AvgIpc) is 2.47. The van der Waals surface area contributed by atoms with E-state index in [9.17, 15) is 0 Å². The fraction of sp³-hybridized carbons (Fsp3) is 0.294. The van der Waals surface area contributed by atoms with Gasteiger partial charge in [0.2, 0.25) is 0 Å². The minimum atomic E-state index is 0.651. The molecule has 2 aromatic rings. The first-order chi connectivity index (χ1) is 9.33. The van der Waals surface area contributed by atoms with Gasteiger partial charge in [0.05, 0.1) is 13.7 Å². The van der Waals surface area contributed by atoms with Crippen LogP contribution < -0.4 is 9.47 Å². The van der Waals surface area contributed by atoms with E-state index >= 15 is 0 Å². The van der Waals surface area contributed by atoms with Crippen LogP contribution in [0.25, 0.3) is 0 Å². The van der Waals surface area contributed by atoms with E-state index in [4.69, 9.17) is 9.47 Å². The normalized spacial score (nSPS) is 10.2. The zero-order chi connectivity index (χ0) is 13.5. The largest absolute Gasteiger partial charge is 0.493 e. The third-order valence-corrected chi connectivity index (χ3v) is 3.07. The van der Waals surface area contributed by atoms with Crippen molar-refractivity contribution in [3.05, 3.63) is 59.7 Å². The van der Waals surface area contributed by atoms with Gasteiger partial charge in [-0.25, -0.2) is 0 Å². The molecule has 2 heteroatoms. The van der Waals surface area contributed by atoms with E-state index in [-0.39, 0.29) is 0 Å². The van der Waals surface area contributed by atoms with Gasteiger partial charge in [-0.1, -0.05) is 36.4 Å². The molecule has 19 heavy (non-hydrogen) atoms. The highest BCUT2D eigenvalue weighted by molar-refractivity contribution is 5.43. The second-order valence-corrected chi connectivity index (χ2v) is 4.40. The molecule has 0 radical (unpaired) electrons. The Hall–Kier alpha value is -1.96. The Bertz CT molecular complexity index is 506. The van der Waals surface area contributed by atoms with E-state index in [1.807, 2.05) is 19.1 Å². The number of rotatable bonds is 6. The number of hydrogen-bond donors (Lipinski definition) is 0. The van der Waals surface area contributed by atoms with Crippen molar-refractivity contribution in [1.82, 2.24) is 0 Å². The van der Waals surface area contributed by atoms with Crippen LogP contribution in [0.2, 0.25) is 0 Å². The van der Waals surface area contributed by atoms with E-state index in [0.29, 0.717) is 6.61 Å². The Morgan fingerprint density at radius 2 is 1.58 bits per heavy atom. The van der Waals surface area contributed by atoms with Crippen LogP contribution in [-0.2, 0) is 12.8 Å². The molecule has 0 aliphatic heterocycles. The van der Waals surface area contributed by atoms with Gasteiger partial charge in [0, 0.05) is 0 Å². The predicted molar refractivity (Wildman–Crippen MR) is 78.0 cm³/mol. The standard InChI is InChI=1S/C17H20O2/c1-3-19-17-13-15(11-12-16(17)18-2)10-9-14-7-5-4-6-8-14/h4-8,11-13H,3,9-10H2,1-2H3. The molecule has 2 rings (SSSR count). The maximum Gasteiger partial charge on any atom is 0.161 e. The Labute approximate surface area is 115 Å².